The normalized spacial score (nSPS) is 12.6. The van der Waals surface area contributed by atoms with Crippen molar-refractivity contribution in [1.82, 2.24) is 5.32 Å². The monoisotopic (exact) mass is 257 g/mol. The Morgan fingerprint density at radius 2 is 2.00 bits per heavy atom. The van der Waals surface area contributed by atoms with Gasteiger partial charge in [-0.2, -0.15) is 0 Å². The molecule has 2 aromatic rings. The van der Waals surface area contributed by atoms with Crippen LogP contribution in [-0.2, 0) is 12.8 Å². The molecule has 19 heavy (non-hydrogen) atoms. The summed E-state index contributed by atoms with van der Waals surface area (Å²) in [5, 5.41) is 3.57. The predicted molar refractivity (Wildman–Crippen MR) is 79.5 cm³/mol. The van der Waals surface area contributed by atoms with Crippen LogP contribution in [0, 0.1) is 13.8 Å². The molecule has 0 aliphatic rings. The number of likely N-dealkylation sites (N-methyl/N-ethyl adjacent to an activating group) is 1. The summed E-state index contributed by atoms with van der Waals surface area (Å²) < 4.78 is 5.16. The fourth-order valence-corrected chi connectivity index (χ4v) is 2.48. The second kappa shape index (κ2) is 6.58. The van der Waals surface area contributed by atoms with Crippen molar-refractivity contribution >= 4 is 0 Å². The lowest BCUT2D eigenvalue weighted by Crippen LogP contribution is -2.33. The molecular formula is C17H23NO. The van der Waals surface area contributed by atoms with Crippen LogP contribution in [0.15, 0.2) is 41.2 Å². The minimum absolute atomic E-state index is 0.461. The number of nitrogens with one attached hydrogen (secondary N) is 1. The standard InChI is InChI=1S/C17H23NO/c1-4-18-17(10-15-7-8-19-12-15)11-16-9-13(2)5-6-14(16)3/h5-9,12,17-18H,4,10-11H2,1-3H3. The Morgan fingerprint density at radius 3 is 2.68 bits per heavy atom. The first-order valence-electron chi connectivity index (χ1n) is 6.99. The molecule has 1 aromatic carbocycles. The van der Waals surface area contributed by atoms with Gasteiger partial charge in [-0.15, -0.1) is 0 Å². The van der Waals surface area contributed by atoms with E-state index in [1.807, 2.05) is 12.3 Å². The molecule has 0 radical (unpaired) electrons. The quantitative estimate of drug-likeness (QED) is 0.854. The van der Waals surface area contributed by atoms with E-state index in [-0.39, 0.29) is 0 Å². The molecule has 2 heteroatoms. The van der Waals surface area contributed by atoms with Crippen molar-refractivity contribution in [2.45, 2.75) is 39.7 Å². The molecule has 0 saturated carbocycles. The Kier molecular flexibility index (Phi) is 4.80. The molecular weight excluding hydrogens is 234 g/mol. The van der Waals surface area contributed by atoms with Crippen LogP contribution in [-0.4, -0.2) is 12.6 Å². The van der Waals surface area contributed by atoms with Crippen molar-refractivity contribution in [3.8, 4) is 0 Å². The molecule has 0 saturated heterocycles. The molecule has 102 valence electrons. The summed E-state index contributed by atoms with van der Waals surface area (Å²) >= 11 is 0. The lowest BCUT2D eigenvalue weighted by atomic mass is 9.96. The molecule has 2 nitrogen and oxygen atoms in total. The maximum atomic E-state index is 5.16. The molecule has 1 N–H and O–H groups in total. The van der Waals surface area contributed by atoms with E-state index in [0.29, 0.717) is 6.04 Å². The van der Waals surface area contributed by atoms with E-state index < -0.39 is 0 Å². The highest BCUT2D eigenvalue weighted by atomic mass is 16.3. The van der Waals surface area contributed by atoms with Crippen LogP contribution in [0.1, 0.15) is 29.2 Å². The van der Waals surface area contributed by atoms with E-state index in [4.69, 9.17) is 4.42 Å². The van der Waals surface area contributed by atoms with E-state index in [2.05, 4.69) is 44.3 Å². The van der Waals surface area contributed by atoms with E-state index in [1.165, 1.54) is 22.3 Å². The summed E-state index contributed by atoms with van der Waals surface area (Å²) in [6.07, 6.45) is 5.66. The Morgan fingerprint density at radius 1 is 1.16 bits per heavy atom. The van der Waals surface area contributed by atoms with Crippen molar-refractivity contribution in [2.24, 2.45) is 0 Å². The van der Waals surface area contributed by atoms with Crippen LogP contribution in [0.2, 0.25) is 0 Å². The topological polar surface area (TPSA) is 25.2 Å². The van der Waals surface area contributed by atoms with Gasteiger partial charge in [0.25, 0.3) is 0 Å². The van der Waals surface area contributed by atoms with Gasteiger partial charge in [-0.1, -0.05) is 30.7 Å². The summed E-state index contributed by atoms with van der Waals surface area (Å²) in [6.45, 7) is 7.50. The van der Waals surface area contributed by atoms with Crippen molar-refractivity contribution in [2.75, 3.05) is 6.54 Å². The fourth-order valence-electron chi connectivity index (χ4n) is 2.48. The average molecular weight is 257 g/mol. The summed E-state index contributed by atoms with van der Waals surface area (Å²) in [5.74, 6) is 0. The van der Waals surface area contributed by atoms with Crippen LogP contribution in [0.25, 0.3) is 0 Å². The van der Waals surface area contributed by atoms with Gasteiger partial charge in [0, 0.05) is 6.04 Å². The van der Waals surface area contributed by atoms with Gasteiger partial charge in [0.1, 0.15) is 0 Å². The molecule has 1 aromatic heterocycles. The van der Waals surface area contributed by atoms with E-state index >= 15 is 0 Å². The molecule has 1 heterocycles. The number of furan rings is 1. The number of benzene rings is 1. The maximum absolute atomic E-state index is 5.16. The Bertz CT molecular complexity index is 502. The molecule has 1 unspecified atom stereocenters. The molecule has 2 rings (SSSR count). The SMILES string of the molecule is CCNC(Cc1ccoc1)Cc1cc(C)ccc1C. The Labute approximate surface area is 115 Å². The minimum atomic E-state index is 0.461. The van der Waals surface area contributed by atoms with E-state index in [0.717, 1.165) is 19.4 Å². The van der Waals surface area contributed by atoms with Gasteiger partial charge in [0.15, 0.2) is 0 Å². The molecule has 0 aliphatic carbocycles. The number of aryl methyl sites for hydroxylation is 2. The third-order valence-electron chi connectivity index (χ3n) is 3.53. The largest absolute Gasteiger partial charge is 0.472 e. The van der Waals surface area contributed by atoms with Gasteiger partial charge in [-0.3, -0.25) is 0 Å². The maximum Gasteiger partial charge on any atom is 0.0935 e. The smallest absolute Gasteiger partial charge is 0.0935 e. The van der Waals surface area contributed by atoms with Crippen molar-refractivity contribution < 1.29 is 4.42 Å². The van der Waals surface area contributed by atoms with Gasteiger partial charge >= 0.3 is 0 Å². The molecule has 0 bridgehead atoms. The third kappa shape index (κ3) is 3.97. The van der Waals surface area contributed by atoms with Crippen molar-refractivity contribution in [1.29, 1.82) is 0 Å². The van der Waals surface area contributed by atoms with Gasteiger partial charge < -0.3 is 9.73 Å². The predicted octanol–water partition coefficient (Wildman–Crippen LogP) is 3.66. The van der Waals surface area contributed by atoms with Gasteiger partial charge in [-0.05, 0) is 56.0 Å². The summed E-state index contributed by atoms with van der Waals surface area (Å²) in [6, 6.07) is 9.20. The van der Waals surface area contributed by atoms with Crippen LogP contribution in [0.3, 0.4) is 0 Å². The van der Waals surface area contributed by atoms with Crippen LogP contribution >= 0.6 is 0 Å². The first-order chi connectivity index (χ1) is 9.19. The zero-order valence-corrected chi connectivity index (χ0v) is 12.1. The zero-order chi connectivity index (χ0) is 13.7. The summed E-state index contributed by atoms with van der Waals surface area (Å²) in [4.78, 5) is 0. The fraction of sp³-hybridized carbons (Fsp3) is 0.412. The number of hydrogen-bond acceptors (Lipinski definition) is 2. The minimum Gasteiger partial charge on any atom is -0.472 e. The van der Waals surface area contributed by atoms with Crippen LogP contribution in [0.4, 0.5) is 0 Å². The Balaban J connectivity index is 2.09. The van der Waals surface area contributed by atoms with Gasteiger partial charge in [0.05, 0.1) is 12.5 Å². The third-order valence-corrected chi connectivity index (χ3v) is 3.53. The summed E-state index contributed by atoms with van der Waals surface area (Å²) in [5.41, 5.74) is 5.41. The second-order valence-corrected chi connectivity index (χ2v) is 5.22. The van der Waals surface area contributed by atoms with Gasteiger partial charge in [-0.25, -0.2) is 0 Å². The van der Waals surface area contributed by atoms with Crippen LogP contribution < -0.4 is 5.32 Å². The number of rotatable bonds is 6. The average Bonchev–Trinajstić information content (AvgIpc) is 2.87. The highest BCUT2D eigenvalue weighted by Gasteiger charge is 2.11. The van der Waals surface area contributed by atoms with Crippen molar-refractivity contribution in [3.63, 3.8) is 0 Å². The van der Waals surface area contributed by atoms with E-state index in [1.54, 1.807) is 6.26 Å². The molecule has 0 fully saturated rings. The lowest BCUT2D eigenvalue weighted by molar-refractivity contribution is 0.513. The first-order valence-corrected chi connectivity index (χ1v) is 6.99. The number of hydrogen-bond donors (Lipinski definition) is 1. The molecule has 0 spiro atoms. The first kappa shape index (κ1) is 13.9. The van der Waals surface area contributed by atoms with Crippen molar-refractivity contribution in [3.05, 3.63) is 59.0 Å². The zero-order valence-electron chi connectivity index (χ0n) is 12.1. The highest BCUT2D eigenvalue weighted by molar-refractivity contribution is 5.31. The molecule has 1 atom stereocenters. The second-order valence-electron chi connectivity index (χ2n) is 5.22. The van der Waals surface area contributed by atoms with Gasteiger partial charge in [0.2, 0.25) is 0 Å². The lowest BCUT2D eigenvalue weighted by Gasteiger charge is -2.19. The molecule has 0 aliphatic heterocycles. The van der Waals surface area contributed by atoms with Crippen LogP contribution in [0.5, 0.6) is 0 Å². The van der Waals surface area contributed by atoms with E-state index in [9.17, 15) is 0 Å². The summed E-state index contributed by atoms with van der Waals surface area (Å²) in [7, 11) is 0. The highest BCUT2D eigenvalue weighted by Crippen LogP contribution is 2.15. The Hall–Kier alpha value is -1.54. The molecule has 0 amide bonds.